The van der Waals surface area contributed by atoms with Crippen molar-refractivity contribution in [3.63, 3.8) is 0 Å². The van der Waals surface area contributed by atoms with Crippen LogP contribution in [-0.2, 0) is 13.2 Å². The van der Waals surface area contributed by atoms with E-state index in [0.717, 1.165) is 33.5 Å². The monoisotopic (exact) mass is 559 g/mol. The number of imidazole rings is 1. The Balaban J connectivity index is 1.21. The van der Waals surface area contributed by atoms with Crippen molar-refractivity contribution in [2.75, 3.05) is 5.32 Å². The van der Waals surface area contributed by atoms with Gasteiger partial charge in [-0.15, -0.1) is 0 Å². The second-order valence-electron chi connectivity index (χ2n) is 9.49. The fourth-order valence-electron chi connectivity index (χ4n) is 4.40. The molecule has 0 saturated carbocycles. The number of amides is 1. The normalized spacial score (nSPS) is 10.9. The van der Waals surface area contributed by atoms with Crippen LogP contribution in [0.4, 0.5) is 5.69 Å². The number of anilines is 1. The molecule has 7 heteroatoms. The first-order chi connectivity index (χ1) is 20.1. The van der Waals surface area contributed by atoms with Gasteiger partial charge in [-0.05, 0) is 65.7 Å². The minimum atomic E-state index is -0.263. The number of aromatic nitrogens is 2. The van der Waals surface area contributed by atoms with Gasteiger partial charge >= 0.3 is 0 Å². The van der Waals surface area contributed by atoms with Crippen LogP contribution in [0.3, 0.4) is 0 Å². The Hall–Kier alpha value is -5.07. The van der Waals surface area contributed by atoms with Gasteiger partial charge in [0.25, 0.3) is 5.91 Å². The highest BCUT2D eigenvalue weighted by atomic mass is 35.5. The van der Waals surface area contributed by atoms with Crippen LogP contribution in [0.1, 0.15) is 21.5 Å². The van der Waals surface area contributed by atoms with E-state index in [9.17, 15) is 4.79 Å². The molecule has 1 heterocycles. The van der Waals surface area contributed by atoms with Gasteiger partial charge in [-0.3, -0.25) is 4.79 Å². The zero-order valence-corrected chi connectivity index (χ0v) is 22.8. The summed E-state index contributed by atoms with van der Waals surface area (Å²) in [6.07, 6.45) is 0. The summed E-state index contributed by atoms with van der Waals surface area (Å²) in [7, 11) is 0. The summed E-state index contributed by atoms with van der Waals surface area (Å²) in [5.41, 5.74) is 5.79. The quantitative estimate of drug-likeness (QED) is 0.187. The van der Waals surface area contributed by atoms with Crippen molar-refractivity contribution in [2.45, 2.75) is 13.2 Å². The molecule has 0 aliphatic carbocycles. The average molecular weight is 560 g/mol. The molecule has 0 radical (unpaired) electrons. The maximum absolute atomic E-state index is 13.3. The molecule has 202 valence electrons. The number of carbonyl (C=O) groups excluding carboxylic acids is 1. The highest BCUT2D eigenvalue weighted by Gasteiger charge is 2.14. The molecular formula is C34H26ClN3O3. The molecule has 2 N–H and O–H groups in total. The van der Waals surface area contributed by atoms with Gasteiger partial charge in [0.2, 0.25) is 0 Å². The van der Waals surface area contributed by atoms with Gasteiger partial charge < -0.3 is 19.8 Å². The van der Waals surface area contributed by atoms with Crippen molar-refractivity contribution < 1.29 is 14.3 Å². The molecule has 5 aromatic carbocycles. The van der Waals surface area contributed by atoms with Gasteiger partial charge in [0.1, 0.15) is 19.0 Å². The van der Waals surface area contributed by atoms with E-state index in [2.05, 4.69) is 15.3 Å². The minimum Gasteiger partial charge on any atom is -0.485 e. The standard InChI is InChI=1S/C34H26ClN3O3/c35-27-16-13-24(14-17-27)22-40-31-18-15-26(20-32(31)41-21-23-7-2-1-3-8-23)34(39)36-28-10-6-9-25(19-28)33-37-29-11-4-5-12-30(29)38-33/h1-20H,21-22H2,(H,36,39)(H,37,38). The topological polar surface area (TPSA) is 76.2 Å². The number of hydrogen-bond donors (Lipinski definition) is 2. The van der Waals surface area contributed by atoms with Crippen LogP contribution < -0.4 is 14.8 Å². The fraction of sp³-hybridized carbons (Fsp3) is 0.0588. The first-order valence-electron chi connectivity index (χ1n) is 13.2. The molecule has 0 fully saturated rings. The zero-order valence-electron chi connectivity index (χ0n) is 22.0. The third-order valence-corrected chi connectivity index (χ3v) is 6.79. The minimum absolute atomic E-state index is 0.263. The van der Waals surface area contributed by atoms with Gasteiger partial charge in [-0.25, -0.2) is 4.98 Å². The third kappa shape index (κ3) is 6.40. The number of fused-ring (bicyclic) bond motifs is 1. The van der Waals surface area contributed by atoms with Crippen LogP contribution in [0.25, 0.3) is 22.4 Å². The van der Waals surface area contributed by atoms with Crippen molar-refractivity contribution in [3.05, 3.63) is 143 Å². The van der Waals surface area contributed by atoms with E-state index >= 15 is 0 Å². The molecule has 0 saturated heterocycles. The van der Waals surface area contributed by atoms with Gasteiger partial charge in [0.05, 0.1) is 11.0 Å². The van der Waals surface area contributed by atoms with E-state index in [4.69, 9.17) is 21.1 Å². The van der Waals surface area contributed by atoms with Crippen molar-refractivity contribution in [2.24, 2.45) is 0 Å². The molecule has 0 bridgehead atoms. The predicted molar refractivity (Wildman–Crippen MR) is 162 cm³/mol. The second kappa shape index (κ2) is 12.0. The van der Waals surface area contributed by atoms with Gasteiger partial charge in [0, 0.05) is 21.8 Å². The Kier molecular flexibility index (Phi) is 7.65. The van der Waals surface area contributed by atoms with E-state index in [1.807, 2.05) is 103 Å². The van der Waals surface area contributed by atoms with E-state index in [0.29, 0.717) is 41.0 Å². The van der Waals surface area contributed by atoms with E-state index in [1.165, 1.54) is 0 Å². The Labute approximate surface area is 242 Å². The van der Waals surface area contributed by atoms with Gasteiger partial charge in [0.15, 0.2) is 11.5 Å². The van der Waals surface area contributed by atoms with Crippen LogP contribution >= 0.6 is 11.6 Å². The molecule has 0 spiro atoms. The Bertz CT molecular complexity index is 1770. The number of nitrogens with zero attached hydrogens (tertiary/aromatic N) is 1. The number of carbonyl (C=O) groups is 1. The molecule has 6 rings (SSSR count). The second-order valence-corrected chi connectivity index (χ2v) is 9.92. The number of hydrogen-bond acceptors (Lipinski definition) is 4. The maximum atomic E-state index is 13.3. The number of H-pyrrole nitrogens is 1. The highest BCUT2D eigenvalue weighted by molar-refractivity contribution is 6.30. The summed E-state index contributed by atoms with van der Waals surface area (Å²) >= 11 is 6.01. The lowest BCUT2D eigenvalue weighted by atomic mass is 10.1. The van der Waals surface area contributed by atoms with Crippen LogP contribution in [0.5, 0.6) is 11.5 Å². The lowest BCUT2D eigenvalue weighted by Crippen LogP contribution is -2.12. The lowest BCUT2D eigenvalue weighted by molar-refractivity contribution is 0.102. The molecule has 0 unspecified atom stereocenters. The van der Waals surface area contributed by atoms with E-state index in [-0.39, 0.29) is 5.91 Å². The number of para-hydroxylation sites is 2. The lowest BCUT2D eigenvalue weighted by Gasteiger charge is -2.15. The number of nitrogens with one attached hydrogen (secondary N) is 2. The summed E-state index contributed by atoms with van der Waals surface area (Å²) < 4.78 is 12.2. The summed E-state index contributed by atoms with van der Waals surface area (Å²) in [6.45, 7) is 0.668. The molecule has 0 aliphatic heterocycles. The molecule has 41 heavy (non-hydrogen) atoms. The first kappa shape index (κ1) is 26.2. The van der Waals surface area contributed by atoms with Crippen LogP contribution in [0.15, 0.2) is 121 Å². The first-order valence-corrected chi connectivity index (χ1v) is 13.5. The van der Waals surface area contributed by atoms with Crippen molar-refractivity contribution in [1.82, 2.24) is 9.97 Å². The SMILES string of the molecule is O=C(Nc1cccc(-c2nc3ccccc3[nH]2)c1)c1ccc(OCc2ccc(Cl)cc2)c(OCc2ccccc2)c1. The summed E-state index contributed by atoms with van der Waals surface area (Å²) in [4.78, 5) is 21.3. The average Bonchev–Trinajstić information content (AvgIpc) is 3.45. The summed E-state index contributed by atoms with van der Waals surface area (Å²) in [6, 6.07) is 38.0. The molecule has 6 nitrogen and oxygen atoms in total. The van der Waals surface area contributed by atoms with Crippen LogP contribution in [-0.4, -0.2) is 15.9 Å². The Morgan fingerprint density at radius 3 is 2.27 bits per heavy atom. The molecule has 0 aliphatic rings. The van der Waals surface area contributed by atoms with Crippen LogP contribution in [0.2, 0.25) is 5.02 Å². The summed E-state index contributed by atoms with van der Waals surface area (Å²) in [5.74, 6) is 1.49. The van der Waals surface area contributed by atoms with Crippen molar-refractivity contribution in [3.8, 4) is 22.9 Å². The number of halogens is 1. The number of rotatable bonds is 9. The Morgan fingerprint density at radius 2 is 1.46 bits per heavy atom. The fourth-order valence-corrected chi connectivity index (χ4v) is 4.52. The number of aromatic amines is 1. The molecule has 6 aromatic rings. The van der Waals surface area contributed by atoms with Gasteiger partial charge in [-0.1, -0.05) is 78.3 Å². The van der Waals surface area contributed by atoms with Gasteiger partial charge in [-0.2, -0.15) is 0 Å². The molecule has 1 aromatic heterocycles. The van der Waals surface area contributed by atoms with E-state index < -0.39 is 0 Å². The van der Waals surface area contributed by atoms with Crippen molar-refractivity contribution in [1.29, 1.82) is 0 Å². The molecule has 0 atom stereocenters. The smallest absolute Gasteiger partial charge is 0.255 e. The summed E-state index contributed by atoms with van der Waals surface area (Å²) in [5, 5.41) is 3.66. The predicted octanol–water partition coefficient (Wildman–Crippen LogP) is 8.29. The molecular weight excluding hydrogens is 534 g/mol. The number of ether oxygens (including phenoxy) is 2. The number of benzene rings is 5. The van der Waals surface area contributed by atoms with Crippen LogP contribution in [0, 0.1) is 0 Å². The third-order valence-electron chi connectivity index (χ3n) is 6.53. The Morgan fingerprint density at radius 1 is 0.732 bits per heavy atom. The molecule has 1 amide bonds. The van der Waals surface area contributed by atoms with E-state index in [1.54, 1.807) is 18.2 Å². The maximum Gasteiger partial charge on any atom is 0.255 e. The largest absolute Gasteiger partial charge is 0.485 e. The zero-order chi connectivity index (χ0) is 28.0. The van der Waals surface area contributed by atoms with Crippen molar-refractivity contribution >= 4 is 34.2 Å². The highest BCUT2D eigenvalue weighted by Crippen LogP contribution is 2.31.